The van der Waals surface area contributed by atoms with E-state index in [9.17, 15) is 4.79 Å². The zero-order chi connectivity index (χ0) is 7.98. The number of hydrogen-bond donors (Lipinski definition) is 1. The maximum atomic E-state index is 9.92. The third-order valence-corrected chi connectivity index (χ3v) is 0.654. The predicted molar refractivity (Wildman–Crippen MR) is 37.0 cm³/mol. The van der Waals surface area contributed by atoms with Crippen LogP contribution in [0.25, 0.3) is 0 Å². The molecule has 0 spiro atoms. The molecule has 58 valence electrons. The van der Waals surface area contributed by atoms with Gasteiger partial charge in [0.25, 0.3) is 0 Å². The summed E-state index contributed by atoms with van der Waals surface area (Å²) in [5.41, 5.74) is 0.783. The molecule has 0 aromatic heterocycles. The maximum Gasteiger partial charge on any atom is 0.306 e. The van der Waals surface area contributed by atoms with Crippen molar-refractivity contribution in [1.82, 2.24) is 0 Å². The zero-order valence-corrected chi connectivity index (χ0v) is 6.13. The summed E-state index contributed by atoms with van der Waals surface area (Å²) in [5.74, 6) is -0.871. The average Bonchev–Trinajstić information content (AvgIpc) is 1.79. The minimum absolute atomic E-state index is 0.00319. The Morgan fingerprint density at radius 3 is 2.60 bits per heavy atom. The molecule has 0 radical (unpaired) electrons. The predicted octanol–water partition coefficient (Wildman–Crippen LogP) is 0.873. The summed E-state index contributed by atoms with van der Waals surface area (Å²) < 4.78 is 0. The summed E-state index contributed by atoms with van der Waals surface area (Å²) >= 11 is 0. The fourth-order valence-corrected chi connectivity index (χ4v) is 0.308. The second-order valence-corrected chi connectivity index (χ2v) is 2.02. The van der Waals surface area contributed by atoms with Crippen LogP contribution in [0, 0.1) is 0 Å². The van der Waals surface area contributed by atoms with E-state index in [1.54, 1.807) is 13.8 Å². The van der Waals surface area contributed by atoms with E-state index in [2.05, 4.69) is 9.99 Å². The smallest absolute Gasteiger partial charge is 0.306 e. The minimum atomic E-state index is -0.871. The lowest BCUT2D eigenvalue weighted by molar-refractivity contribution is -0.138. The Morgan fingerprint density at radius 1 is 1.60 bits per heavy atom. The summed E-state index contributed by atoms with van der Waals surface area (Å²) in [4.78, 5) is 14.5. The molecular formula is C6H11NO3. The molecule has 0 heterocycles. The first-order valence-electron chi connectivity index (χ1n) is 2.98. The van der Waals surface area contributed by atoms with Gasteiger partial charge >= 0.3 is 5.97 Å². The highest BCUT2D eigenvalue weighted by atomic mass is 16.6. The van der Waals surface area contributed by atoms with E-state index in [-0.39, 0.29) is 13.0 Å². The quantitative estimate of drug-likeness (QED) is 0.363. The van der Waals surface area contributed by atoms with E-state index in [4.69, 9.17) is 5.11 Å². The van der Waals surface area contributed by atoms with Crippen LogP contribution < -0.4 is 0 Å². The van der Waals surface area contributed by atoms with Gasteiger partial charge in [-0.1, -0.05) is 5.16 Å². The summed E-state index contributed by atoms with van der Waals surface area (Å²) in [6.45, 7) is 3.70. The van der Waals surface area contributed by atoms with Gasteiger partial charge in [0.1, 0.15) is 6.61 Å². The highest BCUT2D eigenvalue weighted by Gasteiger charge is 1.94. The molecule has 0 saturated carbocycles. The van der Waals surface area contributed by atoms with Crippen LogP contribution in [0.4, 0.5) is 0 Å². The summed E-state index contributed by atoms with van der Waals surface area (Å²) in [6, 6.07) is 0. The van der Waals surface area contributed by atoms with Gasteiger partial charge in [-0.25, -0.2) is 0 Å². The lowest BCUT2D eigenvalue weighted by Gasteiger charge is -1.94. The molecule has 10 heavy (non-hydrogen) atoms. The average molecular weight is 145 g/mol. The number of nitrogens with zero attached hydrogens (tertiary/aromatic N) is 1. The van der Waals surface area contributed by atoms with Crippen LogP contribution >= 0.6 is 0 Å². The van der Waals surface area contributed by atoms with Gasteiger partial charge in [0.2, 0.25) is 0 Å². The van der Waals surface area contributed by atoms with Crippen molar-refractivity contribution in [2.75, 3.05) is 6.61 Å². The van der Waals surface area contributed by atoms with Crippen molar-refractivity contribution < 1.29 is 14.7 Å². The van der Waals surface area contributed by atoms with Crippen molar-refractivity contribution in [3.05, 3.63) is 0 Å². The van der Waals surface area contributed by atoms with Crippen molar-refractivity contribution in [1.29, 1.82) is 0 Å². The van der Waals surface area contributed by atoms with E-state index in [1.165, 1.54) is 0 Å². The van der Waals surface area contributed by atoms with Crippen molar-refractivity contribution in [2.45, 2.75) is 20.3 Å². The maximum absolute atomic E-state index is 9.92. The van der Waals surface area contributed by atoms with E-state index >= 15 is 0 Å². The van der Waals surface area contributed by atoms with Crippen LogP contribution in [-0.2, 0) is 9.63 Å². The molecule has 0 saturated heterocycles. The van der Waals surface area contributed by atoms with Crippen LogP contribution in [0.2, 0.25) is 0 Å². The van der Waals surface area contributed by atoms with Crippen LogP contribution in [-0.4, -0.2) is 23.4 Å². The first-order chi connectivity index (χ1) is 4.63. The molecule has 0 fully saturated rings. The number of carboxylic acid groups (broad SMARTS) is 1. The number of hydrogen-bond acceptors (Lipinski definition) is 3. The van der Waals surface area contributed by atoms with Gasteiger partial charge in [0, 0.05) is 0 Å². The molecule has 0 aromatic rings. The Labute approximate surface area is 59.5 Å². The zero-order valence-electron chi connectivity index (χ0n) is 6.13. The van der Waals surface area contributed by atoms with Crippen molar-refractivity contribution in [3.63, 3.8) is 0 Å². The molecule has 4 nitrogen and oxygen atoms in total. The Bertz CT molecular complexity index is 138. The van der Waals surface area contributed by atoms with E-state index in [0.29, 0.717) is 0 Å². The van der Waals surface area contributed by atoms with Gasteiger partial charge in [-0.3, -0.25) is 4.79 Å². The third-order valence-electron chi connectivity index (χ3n) is 0.654. The summed E-state index contributed by atoms with van der Waals surface area (Å²) in [5, 5.41) is 11.7. The lowest BCUT2D eigenvalue weighted by Crippen LogP contribution is -2.00. The first-order valence-corrected chi connectivity index (χ1v) is 2.98. The summed E-state index contributed by atoms with van der Waals surface area (Å²) in [7, 11) is 0. The molecule has 0 rings (SSSR count). The van der Waals surface area contributed by atoms with Crippen LogP contribution in [0.5, 0.6) is 0 Å². The van der Waals surface area contributed by atoms with Crippen molar-refractivity contribution >= 4 is 11.7 Å². The van der Waals surface area contributed by atoms with Crippen molar-refractivity contribution in [2.24, 2.45) is 5.16 Å². The monoisotopic (exact) mass is 145 g/mol. The van der Waals surface area contributed by atoms with Gasteiger partial charge < -0.3 is 9.94 Å². The van der Waals surface area contributed by atoms with Gasteiger partial charge in [0.15, 0.2) is 0 Å². The lowest BCUT2D eigenvalue weighted by atomic mass is 10.5. The highest BCUT2D eigenvalue weighted by molar-refractivity contribution is 5.78. The van der Waals surface area contributed by atoms with Crippen LogP contribution in [0.15, 0.2) is 5.16 Å². The topological polar surface area (TPSA) is 58.9 Å². The molecule has 0 atom stereocenters. The molecule has 0 aromatic carbocycles. The number of aliphatic carboxylic acids is 1. The largest absolute Gasteiger partial charge is 0.481 e. The Morgan fingerprint density at radius 2 is 2.20 bits per heavy atom. The minimum Gasteiger partial charge on any atom is -0.481 e. The van der Waals surface area contributed by atoms with E-state index in [1.807, 2.05) is 0 Å². The van der Waals surface area contributed by atoms with E-state index < -0.39 is 5.97 Å². The molecule has 0 aliphatic heterocycles. The molecule has 4 heteroatoms. The number of rotatable bonds is 4. The van der Waals surface area contributed by atoms with Gasteiger partial charge in [-0.2, -0.15) is 0 Å². The SMILES string of the molecule is CC(C)=NOCCC(=O)O. The second-order valence-electron chi connectivity index (χ2n) is 2.02. The van der Waals surface area contributed by atoms with Gasteiger partial charge in [0.05, 0.1) is 12.1 Å². The van der Waals surface area contributed by atoms with Gasteiger partial charge in [-0.15, -0.1) is 0 Å². The Kier molecular flexibility index (Phi) is 4.28. The number of oxime groups is 1. The summed E-state index contributed by atoms with van der Waals surface area (Å²) in [6.07, 6.45) is -0.00319. The molecule has 1 N–H and O–H groups in total. The third kappa shape index (κ3) is 6.94. The second kappa shape index (κ2) is 4.78. The van der Waals surface area contributed by atoms with E-state index in [0.717, 1.165) is 5.71 Å². The molecule has 0 aliphatic carbocycles. The first kappa shape index (κ1) is 8.94. The normalized spacial score (nSPS) is 8.60. The molecule has 0 unspecified atom stereocenters. The van der Waals surface area contributed by atoms with Gasteiger partial charge in [-0.05, 0) is 13.8 Å². The number of carboxylic acids is 1. The fourth-order valence-electron chi connectivity index (χ4n) is 0.308. The fraction of sp³-hybridized carbons (Fsp3) is 0.667. The Balaban J connectivity index is 3.21. The number of carbonyl (C=O) groups is 1. The standard InChI is InChI=1S/C6H11NO3/c1-5(2)7-10-4-3-6(8)9/h3-4H2,1-2H3,(H,8,9). The molecular weight excluding hydrogens is 134 g/mol. The Hall–Kier alpha value is -1.06. The molecule has 0 aliphatic rings. The van der Waals surface area contributed by atoms with Crippen LogP contribution in [0.1, 0.15) is 20.3 Å². The van der Waals surface area contributed by atoms with Crippen LogP contribution in [0.3, 0.4) is 0 Å². The molecule has 0 amide bonds. The molecule has 0 bridgehead atoms. The van der Waals surface area contributed by atoms with Crippen molar-refractivity contribution in [3.8, 4) is 0 Å². The highest BCUT2D eigenvalue weighted by Crippen LogP contribution is 1.84.